The van der Waals surface area contributed by atoms with Crippen molar-refractivity contribution in [2.45, 2.75) is 0 Å². The third-order valence-corrected chi connectivity index (χ3v) is 10.9. The first kappa shape index (κ1) is 31.9. The van der Waals surface area contributed by atoms with Gasteiger partial charge < -0.3 is 4.57 Å². The Labute approximate surface area is 323 Å². The lowest BCUT2D eigenvalue weighted by molar-refractivity contribution is -0.602. The summed E-state index contributed by atoms with van der Waals surface area (Å²) in [5.41, 5.74) is 13.7. The zero-order valence-corrected chi connectivity index (χ0v) is 30.4. The molecule has 0 saturated carbocycles. The van der Waals surface area contributed by atoms with Gasteiger partial charge in [0.2, 0.25) is 12.7 Å². The molecule has 0 aliphatic carbocycles. The minimum absolute atomic E-state index is 0.627. The molecule has 5 nitrogen and oxygen atoms in total. The van der Waals surface area contributed by atoms with Gasteiger partial charge in [-0.3, -0.25) is 0 Å². The lowest BCUT2D eigenvalue weighted by Gasteiger charge is -2.08. The first-order chi connectivity index (χ1) is 27.8. The quantitative estimate of drug-likeness (QED) is 0.161. The van der Waals surface area contributed by atoms with Gasteiger partial charge in [0, 0.05) is 27.2 Å². The zero-order chi connectivity index (χ0) is 37.0. The van der Waals surface area contributed by atoms with E-state index in [-0.39, 0.29) is 0 Å². The Morgan fingerprint density at radius 3 is 1.45 bits per heavy atom. The van der Waals surface area contributed by atoms with Gasteiger partial charge in [0.25, 0.3) is 0 Å². The fourth-order valence-corrected chi connectivity index (χ4v) is 8.27. The first-order valence-electron chi connectivity index (χ1n) is 18.9. The average molecular weight is 717 g/mol. The van der Waals surface area contributed by atoms with E-state index in [1.54, 1.807) is 0 Å². The molecule has 0 N–H and O–H groups in total. The van der Waals surface area contributed by atoms with Crippen molar-refractivity contribution in [1.29, 1.82) is 0 Å². The molecule has 56 heavy (non-hydrogen) atoms. The van der Waals surface area contributed by atoms with Crippen LogP contribution in [0.4, 0.5) is 0 Å². The van der Waals surface area contributed by atoms with E-state index >= 15 is 0 Å². The van der Waals surface area contributed by atoms with Crippen molar-refractivity contribution in [1.82, 2.24) is 19.1 Å². The molecule has 0 saturated heterocycles. The van der Waals surface area contributed by atoms with Crippen LogP contribution < -0.4 is 4.57 Å². The van der Waals surface area contributed by atoms with E-state index in [4.69, 9.17) is 9.97 Å². The number of fused-ring (bicyclic) bond motifs is 6. The Morgan fingerprint density at radius 2 is 0.786 bits per heavy atom. The van der Waals surface area contributed by atoms with Crippen LogP contribution in [0.15, 0.2) is 207 Å². The fraction of sp³-hybridized carbons (Fsp3) is 0. The maximum atomic E-state index is 4.94. The molecule has 8 aromatic carbocycles. The molecule has 11 rings (SSSR count). The number of nitrogens with zero attached hydrogens (tertiary/aromatic N) is 5. The SMILES string of the molecule is c1ccc(-c2cccc(-c3cccc(-[n+]4cnc(-n5c6ccccc6c6cc(-c7ccc8c(c7)c7ccccc7n8-c7ccccc7)ccc65)nc4)c3)c2)cc1. The minimum Gasteiger partial charge on any atom is -0.309 e. The molecule has 0 spiro atoms. The molecule has 0 amide bonds. The highest BCUT2D eigenvalue weighted by atomic mass is 15.2. The van der Waals surface area contributed by atoms with Crippen LogP contribution in [-0.2, 0) is 0 Å². The van der Waals surface area contributed by atoms with E-state index in [1.807, 2.05) is 23.3 Å². The first-order valence-corrected chi connectivity index (χ1v) is 18.9. The summed E-state index contributed by atoms with van der Waals surface area (Å²) >= 11 is 0. The Bertz CT molecular complexity index is 3230. The van der Waals surface area contributed by atoms with Gasteiger partial charge in [0.15, 0.2) is 0 Å². The lowest BCUT2D eigenvalue weighted by atomic mass is 9.99. The van der Waals surface area contributed by atoms with Crippen LogP contribution >= 0.6 is 0 Å². The van der Waals surface area contributed by atoms with Crippen molar-refractivity contribution in [2.75, 3.05) is 0 Å². The van der Waals surface area contributed by atoms with E-state index in [1.165, 1.54) is 44.1 Å². The summed E-state index contributed by atoms with van der Waals surface area (Å²) in [4.78, 5) is 9.87. The lowest BCUT2D eigenvalue weighted by Crippen LogP contribution is -2.32. The van der Waals surface area contributed by atoms with E-state index in [0.29, 0.717) is 5.95 Å². The summed E-state index contributed by atoms with van der Waals surface area (Å²) in [5.74, 6) is 0.627. The predicted molar refractivity (Wildman–Crippen MR) is 229 cm³/mol. The second-order valence-corrected chi connectivity index (χ2v) is 14.2. The highest BCUT2D eigenvalue weighted by Gasteiger charge is 2.20. The smallest absolute Gasteiger partial charge is 0.309 e. The number of rotatable bonds is 6. The summed E-state index contributed by atoms with van der Waals surface area (Å²) in [6.45, 7) is 0. The summed E-state index contributed by atoms with van der Waals surface area (Å²) in [6, 6.07) is 69.1. The second-order valence-electron chi connectivity index (χ2n) is 14.2. The van der Waals surface area contributed by atoms with Crippen molar-refractivity contribution in [3.05, 3.63) is 207 Å². The van der Waals surface area contributed by atoms with Crippen LogP contribution in [0.5, 0.6) is 0 Å². The maximum absolute atomic E-state index is 4.94. The van der Waals surface area contributed by atoms with E-state index in [0.717, 1.165) is 44.3 Å². The fourth-order valence-electron chi connectivity index (χ4n) is 8.27. The van der Waals surface area contributed by atoms with Gasteiger partial charge >= 0.3 is 5.95 Å². The van der Waals surface area contributed by atoms with Crippen molar-refractivity contribution >= 4 is 43.6 Å². The molecule has 11 aromatic rings. The third kappa shape index (κ3) is 5.29. The topological polar surface area (TPSA) is 39.5 Å². The molecule has 3 aromatic heterocycles. The number of benzene rings is 8. The van der Waals surface area contributed by atoms with Crippen LogP contribution in [-0.4, -0.2) is 19.1 Å². The van der Waals surface area contributed by atoms with Gasteiger partial charge in [-0.15, -0.1) is 0 Å². The standard InChI is InChI=1S/C51H34N5/c1-3-13-35(14-4-1)36-15-11-16-37(29-36)38-17-12-20-42(30-38)54-33-52-51(53-34-54)56-48-24-10-8-22-44(48)46-32-40(26-28-50(46)56)39-25-27-49-45(31-39)43-21-7-9-23-47(43)55(49)41-18-5-2-6-19-41/h1-34H/q+1. The molecule has 0 aliphatic heterocycles. The highest BCUT2D eigenvalue weighted by Crippen LogP contribution is 2.38. The Hall–Kier alpha value is -7.63. The van der Waals surface area contributed by atoms with Crippen LogP contribution in [0, 0.1) is 0 Å². The van der Waals surface area contributed by atoms with Crippen LogP contribution in [0.1, 0.15) is 0 Å². The second kappa shape index (κ2) is 13.0. The van der Waals surface area contributed by atoms with E-state index in [2.05, 4.69) is 197 Å². The van der Waals surface area contributed by atoms with Gasteiger partial charge in [-0.1, -0.05) is 137 Å². The van der Waals surface area contributed by atoms with Gasteiger partial charge in [0.05, 0.1) is 22.1 Å². The molecule has 262 valence electrons. The molecule has 0 radical (unpaired) electrons. The molecule has 0 fully saturated rings. The number of hydrogen-bond donors (Lipinski definition) is 0. The summed E-state index contributed by atoms with van der Waals surface area (Å²) < 4.78 is 6.50. The van der Waals surface area contributed by atoms with Crippen LogP contribution in [0.25, 0.3) is 94.3 Å². The molecule has 3 heterocycles. The Kier molecular flexibility index (Phi) is 7.42. The van der Waals surface area contributed by atoms with Gasteiger partial charge in [-0.2, -0.15) is 0 Å². The van der Waals surface area contributed by atoms with Gasteiger partial charge in [-0.25, -0.2) is 9.13 Å². The van der Waals surface area contributed by atoms with Crippen molar-refractivity contribution < 1.29 is 4.57 Å². The molecule has 5 heteroatoms. The largest absolute Gasteiger partial charge is 0.386 e. The third-order valence-electron chi connectivity index (χ3n) is 10.9. The van der Waals surface area contributed by atoms with Crippen molar-refractivity contribution in [3.8, 4) is 50.7 Å². The number of para-hydroxylation sites is 3. The van der Waals surface area contributed by atoms with Crippen molar-refractivity contribution in [3.63, 3.8) is 0 Å². The Balaban J connectivity index is 0.963. The normalized spacial score (nSPS) is 11.6. The monoisotopic (exact) mass is 716 g/mol. The molecular formula is C51H34N5+. The molecular weight excluding hydrogens is 683 g/mol. The van der Waals surface area contributed by atoms with Crippen LogP contribution in [0.3, 0.4) is 0 Å². The van der Waals surface area contributed by atoms with Gasteiger partial charge in [0.1, 0.15) is 5.69 Å². The van der Waals surface area contributed by atoms with Crippen molar-refractivity contribution in [2.24, 2.45) is 0 Å². The number of aromatic nitrogens is 5. The average Bonchev–Trinajstić information content (AvgIpc) is 3.79. The van der Waals surface area contributed by atoms with Gasteiger partial charge in [-0.05, 0) is 100 Å². The Morgan fingerprint density at radius 1 is 0.321 bits per heavy atom. The van der Waals surface area contributed by atoms with Crippen LogP contribution in [0.2, 0.25) is 0 Å². The van der Waals surface area contributed by atoms with E-state index < -0.39 is 0 Å². The maximum Gasteiger partial charge on any atom is 0.386 e. The van der Waals surface area contributed by atoms with E-state index in [9.17, 15) is 0 Å². The summed E-state index contributed by atoms with van der Waals surface area (Å²) in [6.07, 6.45) is 3.72. The summed E-state index contributed by atoms with van der Waals surface area (Å²) in [5, 5.41) is 4.81. The summed E-state index contributed by atoms with van der Waals surface area (Å²) in [7, 11) is 0. The molecule has 0 unspecified atom stereocenters. The molecule has 0 aliphatic rings. The highest BCUT2D eigenvalue weighted by molar-refractivity contribution is 6.12. The molecule has 0 atom stereocenters. The minimum atomic E-state index is 0.627. The zero-order valence-electron chi connectivity index (χ0n) is 30.4. The predicted octanol–water partition coefficient (Wildman–Crippen LogP) is 11.9. The molecule has 0 bridgehead atoms. The number of hydrogen-bond acceptors (Lipinski definition) is 2.